The van der Waals surface area contributed by atoms with E-state index in [0.29, 0.717) is 17.7 Å². The molecule has 1 aliphatic rings. The van der Waals surface area contributed by atoms with Crippen molar-refractivity contribution >= 4 is 11.6 Å². The van der Waals surface area contributed by atoms with Crippen molar-refractivity contribution in [3.63, 3.8) is 0 Å². The largest absolute Gasteiger partial charge is 0.326 e. The molecule has 0 bridgehead atoms. The van der Waals surface area contributed by atoms with Crippen LogP contribution in [0.4, 0.5) is 10.1 Å². The highest BCUT2D eigenvalue weighted by Crippen LogP contribution is 2.27. The predicted octanol–water partition coefficient (Wildman–Crippen LogP) is 3.24. The lowest BCUT2D eigenvalue weighted by Gasteiger charge is -2.23. The van der Waals surface area contributed by atoms with Crippen LogP contribution in [0.2, 0.25) is 0 Å². The van der Waals surface area contributed by atoms with Crippen molar-refractivity contribution in [1.82, 2.24) is 0 Å². The zero-order chi connectivity index (χ0) is 15.5. The SMILES string of the molecule is NCc1cccc(-c2ccc(N3CCC=CC3=O)cc2)c1F. The molecular formula is C18H17FN2O. The Kier molecular flexibility index (Phi) is 4.02. The highest BCUT2D eigenvalue weighted by atomic mass is 19.1. The summed E-state index contributed by atoms with van der Waals surface area (Å²) in [5, 5.41) is 0. The zero-order valence-electron chi connectivity index (χ0n) is 12.1. The third-order valence-electron chi connectivity index (χ3n) is 3.83. The number of nitrogens with two attached hydrogens (primary N) is 1. The third-order valence-corrected chi connectivity index (χ3v) is 3.83. The molecule has 2 N–H and O–H groups in total. The van der Waals surface area contributed by atoms with Gasteiger partial charge in [0.25, 0.3) is 5.91 Å². The van der Waals surface area contributed by atoms with Gasteiger partial charge in [-0.1, -0.05) is 36.4 Å². The highest BCUT2D eigenvalue weighted by molar-refractivity contribution is 6.02. The quantitative estimate of drug-likeness (QED) is 0.945. The van der Waals surface area contributed by atoms with Gasteiger partial charge in [-0.2, -0.15) is 0 Å². The van der Waals surface area contributed by atoms with Crippen LogP contribution in [-0.2, 0) is 11.3 Å². The second-order valence-electron chi connectivity index (χ2n) is 5.21. The molecule has 0 atom stereocenters. The molecule has 22 heavy (non-hydrogen) atoms. The summed E-state index contributed by atoms with van der Waals surface area (Å²) in [6, 6.07) is 12.6. The van der Waals surface area contributed by atoms with Gasteiger partial charge in [0, 0.05) is 29.9 Å². The van der Waals surface area contributed by atoms with Crippen molar-refractivity contribution in [2.75, 3.05) is 11.4 Å². The molecule has 3 rings (SSSR count). The molecule has 1 heterocycles. The van der Waals surface area contributed by atoms with Gasteiger partial charge in [-0.25, -0.2) is 4.39 Å². The van der Waals surface area contributed by atoms with Crippen molar-refractivity contribution in [2.45, 2.75) is 13.0 Å². The fourth-order valence-corrected chi connectivity index (χ4v) is 2.63. The first kappa shape index (κ1) is 14.5. The molecule has 0 unspecified atom stereocenters. The summed E-state index contributed by atoms with van der Waals surface area (Å²) in [4.78, 5) is 13.6. The van der Waals surface area contributed by atoms with Crippen LogP contribution in [-0.4, -0.2) is 12.5 Å². The maximum absolute atomic E-state index is 14.3. The van der Waals surface area contributed by atoms with Gasteiger partial charge in [-0.3, -0.25) is 4.79 Å². The summed E-state index contributed by atoms with van der Waals surface area (Å²) in [7, 11) is 0. The Morgan fingerprint density at radius 3 is 2.59 bits per heavy atom. The van der Waals surface area contributed by atoms with E-state index in [1.54, 1.807) is 29.2 Å². The smallest absolute Gasteiger partial charge is 0.250 e. The first-order chi connectivity index (χ1) is 10.7. The van der Waals surface area contributed by atoms with E-state index in [4.69, 9.17) is 5.73 Å². The average Bonchev–Trinajstić information content (AvgIpc) is 2.56. The van der Waals surface area contributed by atoms with Gasteiger partial charge in [0.1, 0.15) is 5.82 Å². The molecule has 2 aromatic rings. The monoisotopic (exact) mass is 296 g/mol. The van der Waals surface area contributed by atoms with Crippen LogP contribution in [0.15, 0.2) is 54.6 Å². The Morgan fingerprint density at radius 2 is 1.91 bits per heavy atom. The van der Waals surface area contributed by atoms with Gasteiger partial charge in [-0.05, 0) is 30.2 Å². The van der Waals surface area contributed by atoms with Crippen molar-refractivity contribution in [1.29, 1.82) is 0 Å². The number of rotatable bonds is 3. The van der Waals surface area contributed by atoms with Crippen molar-refractivity contribution in [3.05, 3.63) is 66.0 Å². The summed E-state index contributed by atoms with van der Waals surface area (Å²) in [6.07, 6.45) is 4.31. The Labute approximate surface area is 128 Å². The average molecular weight is 296 g/mol. The first-order valence-electron chi connectivity index (χ1n) is 7.26. The number of hydrogen-bond donors (Lipinski definition) is 1. The van der Waals surface area contributed by atoms with Gasteiger partial charge in [0.15, 0.2) is 0 Å². The minimum atomic E-state index is -0.283. The number of carbonyl (C=O) groups is 1. The molecule has 0 radical (unpaired) electrons. The number of anilines is 1. The molecule has 0 aliphatic carbocycles. The minimum absolute atomic E-state index is 0.0182. The molecule has 112 valence electrons. The van der Waals surface area contributed by atoms with E-state index < -0.39 is 0 Å². The van der Waals surface area contributed by atoms with Crippen molar-refractivity contribution < 1.29 is 9.18 Å². The van der Waals surface area contributed by atoms with Crippen LogP contribution in [0.5, 0.6) is 0 Å². The van der Waals surface area contributed by atoms with Gasteiger partial charge in [0.2, 0.25) is 0 Å². The Hall–Kier alpha value is -2.46. The van der Waals surface area contributed by atoms with Crippen molar-refractivity contribution in [3.8, 4) is 11.1 Å². The lowest BCUT2D eigenvalue weighted by molar-refractivity contribution is -0.114. The molecule has 3 nitrogen and oxygen atoms in total. The van der Waals surface area contributed by atoms with Crippen LogP contribution < -0.4 is 10.6 Å². The van der Waals surface area contributed by atoms with Crippen LogP contribution in [0, 0.1) is 5.82 Å². The van der Waals surface area contributed by atoms with Crippen LogP contribution in [0.25, 0.3) is 11.1 Å². The summed E-state index contributed by atoms with van der Waals surface area (Å²) in [5.41, 5.74) is 8.17. The van der Waals surface area contributed by atoms with E-state index in [1.165, 1.54) is 0 Å². The number of hydrogen-bond acceptors (Lipinski definition) is 2. The number of halogens is 1. The van der Waals surface area contributed by atoms with E-state index in [1.807, 2.05) is 30.3 Å². The molecule has 1 amide bonds. The fourth-order valence-electron chi connectivity index (χ4n) is 2.63. The highest BCUT2D eigenvalue weighted by Gasteiger charge is 2.16. The fraction of sp³-hybridized carbons (Fsp3) is 0.167. The van der Waals surface area contributed by atoms with Gasteiger partial charge in [0.05, 0.1) is 0 Å². The number of amides is 1. The second kappa shape index (κ2) is 6.12. The third kappa shape index (κ3) is 2.65. The molecule has 0 spiro atoms. The first-order valence-corrected chi connectivity index (χ1v) is 7.26. The van der Waals surface area contributed by atoms with Gasteiger partial charge < -0.3 is 10.6 Å². The van der Waals surface area contributed by atoms with E-state index in [0.717, 1.165) is 17.7 Å². The Balaban J connectivity index is 1.92. The predicted molar refractivity (Wildman–Crippen MR) is 85.8 cm³/mol. The zero-order valence-corrected chi connectivity index (χ0v) is 12.1. The van der Waals surface area contributed by atoms with Crippen LogP contribution in [0.1, 0.15) is 12.0 Å². The lowest BCUT2D eigenvalue weighted by Crippen LogP contribution is -2.32. The Bertz CT molecular complexity index is 722. The number of carbonyl (C=O) groups excluding carboxylic acids is 1. The maximum Gasteiger partial charge on any atom is 0.250 e. The summed E-state index contributed by atoms with van der Waals surface area (Å²) in [6.45, 7) is 0.845. The molecule has 0 saturated heterocycles. The van der Waals surface area contributed by atoms with E-state index in [2.05, 4.69) is 0 Å². The molecular weight excluding hydrogens is 279 g/mol. The molecule has 4 heteroatoms. The van der Waals surface area contributed by atoms with E-state index in [9.17, 15) is 9.18 Å². The molecule has 1 aliphatic heterocycles. The second-order valence-corrected chi connectivity index (χ2v) is 5.21. The molecule has 0 saturated carbocycles. The standard InChI is InChI=1S/C18H17FN2O/c19-18-14(12-20)4-3-5-16(18)13-7-9-15(10-8-13)21-11-2-1-6-17(21)22/h1,3-10H,2,11-12,20H2. The minimum Gasteiger partial charge on any atom is -0.326 e. The molecule has 2 aromatic carbocycles. The normalized spacial score (nSPS) is 14.5. The summed E-state index contributed by atoms with van der Waals surface area (Å²) >= 11 is 0. The summed E-state index contributed by atoms with van der Waals surface area (Å²) < 4.78 is 14.3. The van der Waals surface area contributed by atoms with Crippen LogP contribution in [0.3, 0.4) is 0 Å². The van der Waals surface area contributed by atoms with Gasteiger partial charge >= 0.3 is 0 Å². The van der Waals surface area contributed by atoms with Crippen LogP contribution >= 0.6 is 0 Å². The van der Waals surface area contributed by atoms with Gasteiger partial charge in [-0.15, -0.1) is 0 Å². The molecule has 0 aromatic heterocycles. The maximum atomic E-state index is 14.3. The van der Waals surface area contributed by atoms with E-state index >= 15 is 0 Å². The van der Waals surface area contributed by atoms with Crippen molar-refractivity contribution in [2.24, 2.45) is 5.73 Å². The topological polar surface area (TPSA) is 46.3 Å². The van der Waals surface area contributed by atoms with E-state index in [-0.39, 0.29) is 18.3 Å². The lowest BCUT2D eigenvalue weighted by atomic mass is 10.0. The molecule has 0 fully saturated rings. The number of nitrogens with zero attached hydrogens (tertiary/aromatic N) is 1. The summed E-state index contributed by atoms with van der Waals surface area (Å²) in [5.74, 6) is -0.301. The Morgan fingerprint density at radius 1 is 1.14 bits per heavy atom. The number of benzene rings is 2.